The first-order valence-electron chi connectivity index (χ1n) is 7.47. The highest BCUT2D eigenvalue weighted by molar-refractivity contribution is 5.25. The van der Waals surface area contributed by atoms with E-state index in [1.807, 2.05) is 0 Å². The Kier molecular flexibility index (Phi) is 4.82. The molecule has 1 unspecified atom stereocenters. The average molecular weight is 245 g/mol. The van der Waals surface area contributed by atoms with Crippen LogP contribution in [0.2, 0.25) is 0 Å². The second-order valence-corrected chi connectivity index (χ2v) is 6.04. The molecule has 0 saturated heterocycles. The van der Waals surface area contributed by atoms with Crippen LogP contribution in [0.5, 0.6) is 0 Å². The van der Waals surface area contributed by atoms with E-state index >= 15 is 0 Å². The molecular weight excluding hydrogens is 218 g/mol. The zero-order chi connectivity index (χ0) is 13.0. The van der Waals surface area contributed by atoms with E-state index in [2.05, 4.69) is 50.5 Å². The summed E-state index contributed by atoms with van der Waals surface area (Å²) in [6.07, 6.45) is 6.86. The normalized spacial score (nSPS) is 18.4. The monoisotopic (exact) mass is 245 g/mol. The molecule has 18 heavy (non-hydrogen) atoms. The van der Waals surface area contributed by atoms with Crippen molar-refractivity contribution in [3.05, 3.63) is 35.4 Å². The summed E-state index contributed by atoms with van der Waals surface area (Å²) in [5, 5.41) is 3.53. The van der Waals surface area contributed by atoms with E-state index in [1.165, 1.54) is 43.2 Å². The summed E-state index contributed by atoms with van der Waals surface area (Å²) in [6.45, 7) is 4.51. The number of hydrogen-bond donors (Lipinski definition) is 1. The molecule has 2 rings (SSSR count). The van der Waals surface area contributed by atoms with Crippen molar-refractivity contribution in [3.63, 3.8) is 0 Å². The lowest BCUT2D eigenvalue weighted by molar-refractivity contribution is 0.377. The van der Waals surface area contributed by atoms with Crippen molar-refractivity contribution in [1.29, 1.82) is 0 Å². The van der Waals surface area contributed by atoms with E-state index in [0.29, 0.717) is 12.0 Å². The summed E-state index contributed by atoms with van der Waals surface area (Å²) in [4.78, 5) is 0. The molecule has 0 aliphatic heterocycles. The maximum Gasteiger partial charge on any atom is 0.0133 e. The van der Waals surface area contributed by atoms with Crippen LogP contribution in [0.4, 0.5) is 0 Å². The minimum absolute atomic E-state index is 0.633. The maximum absolute atomic E-state index is 3.53. The molecule has 100 valence electrons. The molecular formula is C17H27N. The fraction of sp³-hybridized carbons (Fsp3) is 0.647. The van der Waals surface area contributed by atoms with Crippen LogP contribution in [0.25, 0.3) is 0 Å². The largest absolute Gasteiger partial charge is 0.316 e. The van der Waals surface area contributed by atoms with Crippen LogP contribution in [0, 0.1) is 5.92 Å². The second kappa shape index (κ2) is 6.38. The van der Waals surface area contributed by atoms with Crippen LogP contribution in [-0.2, 0) is 6.42 Å². The van der Waals surface area contributed by atoms with E-state index in [-0.39, 0.29) is 0 Å². The molecule has 1 heteroatoms. The van der Waals surface area contributed by atoms with Gasteiger partial charge in [0.15, 0.2) is 0 Å². The summed E-state index contributed by atoms with van der Waals surface area (Å²) in [5.74, 6) is 1.52. The molecule has 1 nitrogen and oxygen atoms in total. The summed E-state index contributed by atoms with van der Waals surface area (Å²) in [6, 6.07) is 9.88. The molecule has 0 spiro atoms. The zero-order valence-electron chi connectivity index (χ0n) is 12.1. The van der Waals surface area contributed by atoms with Crippen molar-refractivity contribution >= 4 is 0 Å². The van der Waals surface area contributed by atoms with Crippen LogP contribution in [0.3, 0.4) is 0 Å². The Bertz CT molecular complexity index is 346. The van der Waals surface area contributed by atoms with Gasteiger partial charge >= 0.3 is 0 Å². The molecule has 0 heterocycles. The summed E-state index contributed by atoms with van der Waals surface area (Å²) >= 11 is 0. The van der Waals surface area contributed by atoms with Gasteiger partial charge in [-0.2, -0.15) is 0 Å². The van der Waals surface area contributed by atoms with Crippen LogP contribution < -0.4 is 5.32 Å². The van der Waals surface area contributed by atoms with Crippen LogP contribution in [-0.4, -0.2) is 13.1 Å². The molecule has 1 aliphatic rings. The molecule has 0 bridgehead atoms. The summed E-state index contributed by atoms with van der Waals surface area (Å²) < 4.78 is 0. The third-order valence-electron chi connectivity index (χ3n) is 4.44. The van der Waals surface area contributed by atoms with Gasteiger partial charge < -0.3 is 5.32 Å². The first-order valence-corrected chi connectivity index (χ1v) is 7.47. The minimum atomic E-state index is 0.633. The average Bonchev–Trinajstić information content (AvgIpc) is 2.90. The highest BCUT2D eigenvalue weighted by Gasteiger charge is 2.23. The Morgan fingerprint density at radius 1 is 1.11 bits per heavy atom. The van der Waals surface area contributed by atoms with Crippen molar-refractivity contribution in [2.75, 3.05) is 7.05 Å². The number of likely N-dealkylation sites (N-methyl/N-ethyl adjacent to an activating group) is 1. The van der Waals surface area contributed by atoms with Crippen LogP contribution in [0.15, 0.2) is 24.3 Å². The van der Waals surface area contributed by atoms with Crippen LogP contribution >= 0.6 is 0 Å². The van der Waals surface area contributed by atoms with E-state index < -0.39 is 0 Å². The van der Waals surface area contributed by atoms with Crippen molar-refractivity contribution in [3.8, 4) is 0 Å². The zero-order valence-corrected chi connectivity index (χ0v) is 12.1. The van der Waals surface area contributed by atoms with E-state index in [4.69, 9.17) is 0 Å². The van der Waals surface area contributed by atoms with E-state index in [1.54, 1.807) is 0 Å². The molecule has 0 amide bonds. The molecule has 1 aromatic carbocycles. The van der Waals surface area contributed by atoms with Gasteiger partial charge in [0.2, 0.25) is 0 Å². The Hall–Kier alpha value is -0.820. The molecule has 1 saturated carbocycles. The number of nitrogens with one attached hydrogen (secondary N) is 1. The SMILES string of the molecule is CNC(Cc1ccc(C(C)C)cc1)C1CCCC1. The molecule has 1 N–H and O–H groups in total. The number of benzene rings is 1. The van der Waals surface area contributed by atoms with Gasteiger partial charge in [0.25, 0.3) is 0 Å². The van der Waals surface area contributed by atoms with Gasteiger partial charge in [-0.1, -0.05) is 51.0 Å². The minimum Gasteiger partial charge on any atom is -0.316 e. The lowest BCUT2D eigenvalue weighted by atomic mass is 9.91. The topological polar surface area (TPSA) is 12.0 Å². The van der Waals surface area contributed by atoms with Gasteiger partial charge in [0.05, 0.1) is 0 Å². The fourth-order valence-corrected chi connectivity index (χ4v) is 3.16. The van der Waals surface area contributed by atoms with Crippen molar-refractivity contribution < 1.29 is 0 Å². The lowest BCUT2D eigenvalue weighted by Gasteiger charge is -2.23. The van der Waals surface area contributed by atoms with Gasteiger partial charge in [-0.05, 0) is 49.3 Å². The third kappa shape index (κ3) is 3.35. The van der Waals surface area contributed by atoms with E-state index in [0.717, 1.165) is 5.92 Å². The van der Waals surface area contributed by atoms with Gasteiger partial charge in [0.1, 0.15) is 0 Å². The number of rotatable bonds is 5. The summed E-state index contributed by atoms with van der Waals surface area (Å²) in [5.41, 5.74) is 2.92. The Labute approximate surface area is 112 Å². The van der Waals surface area contributed by atoms with Gasteiger partial charge in [-0.25, -0.2) is 0 Å². The number of hydrogen-bond acceptors (Lipinski definition) is 1. The van der Waals surface area contributed by atoms with Gasteiger partial charge in [-0.3, -0.25) is 0 Å². The summed E-state index contributed by atoms with van der Waals surface area (Å²) in [7, 11) is 2.12. The molecule has 1 fully saturated rings. The Morgan fingerprint density at radius 2 is 1.72 bits per heavy atom. The first-order chi connectivity index (χ1) is 8.70. The van der Waals surface area contributed by atoms with Crippen molar-refractivity contribution in [2.24, 2.45) is 5.92 Å². The predicted molar refractivity (Wildman–Crippen MR) is 79.0 cm³/mol. The highest BCUT2D eigenvalue weighted by Crippen LogP contribution is 2.29. The Balaban J connectivity index is 1.98. The highest BCUT2D eigenvalue weighted by atomic mass is 14.9. The predicted octanol–water partition coefficient (Wildman–Crippen LogP) is 4.13. The fourth-order valence-electron chi connectivity index (χ4n) is 3.16. The standard InChI is InChI=1S/C17H27N/c1-13(2)15-10-8-14(9-11-15)12-17(18-3)16-6-4-5-7-16/h8-11,13,16-18H,4-7,12H2,1-3H3. The third-order valence-corrected chi connectivity index (χ3v) is 4.44. The van der Waals surface area contributed by atoms with Crippen molar-refractivity contribution in [2.45, 2.75) is 57.9 Å². The molecule has 1 aliphatic carbocycles. The first kappa shape index (κ1) is 13.6. The molecule has 1 aromatic rings. The molecule has 0 aromatic heterocycles. The smallest absolute Gasteiger partial charge is 0.0133 e. The molecule has 0 radical (unpaired) electrons. The van der Waals surface area contributed by atoms with Gasteiger partial charge in [-0.15, -0.1) is 0 Å². The Morgan fingerprint density at radius 3 is 2.22 bits per heavy atom. The van der Waals surface area contributed by atoms with E-state index in [9.17, 15) is 0 Å². The van der Waals surface area contributed by atoms with Crippen LogP contribution in [0.1, 0.15) is 56.6 Å². The lowest BCUT2D eigenvalue weighted by Crippen LogP contribution is -2.34. The quantitative estimate of drug-likeness (QED) is 0.822. The second-order valence-electron chi connectivity index (χ2n) is 6.04. The van der Waals surface area contributed by atoms with Crippen molar-refractivity contribution in [1.82, 2.24) is 5.32 Å². The van der Waals surface area contributed by atoms with Gasteiger partial charge in [0, 0.05) is 6.04 Å². The maximum atomic E-state index is 3.53. The molecule has 1 atom stereocenters.